The quantitative estimate of drug-likeness (QED) is 0.869. The van der Waals surface area contributed by atoms with Gasteiger partial charge in [0.1, 0.15) is 6.10 Å². The lowest BCUT2D eigenvalue weighted by Crippen LogP contribution is -2.28. The Bertz CT molecular complexity index is 396. The van der Waals surface area contributed by atoms with E-state index in [9.17, 15) is 9.90 Å². The molecule has 0 heterocycles. The molecule has 0 aliphatic carbocycles. The van der Waals surface area contributed by atoms with E-state index in [0.717, 1.165) is 16.7 Å². The number of aliphatic hydroxyl groups is 1. The third-order valence-corrected chi connectivity index (χ3v) is 3.15. The Kier molecular flexibility index (Phi) is 4.47. The van der Waals surface area contributed by atoms with E-state index in [1.54, 1.807) is 0 Å². The lowest BCUT2D eigenvalue weighted by atomic mass is 9.92. The molecule has 1 N–H and O–H groups in total. The Morgan fingerprint density at radius 2 is 1.65 bits per heavy atom. The van der Waals surface area contributed by atoms with Gasteiger partial charge in [-0.1, -0.05) is 31.5 Å². The molecule has 0 aliphatic rings. The molecule has 0 radical (unpaired) electrons. The van der Waals surface area contributed by atoms with Crippen molar-refractivity contribution < 1.29 is 9.90 Å². The van der Waals surface area contributed by atoms with Crippen molar-refractivity contribution in [2.24, 2.45) is 5.92 Å². The molecule has 0 saturated heterocycles. The fourth-order valence-corrected chi connectivity index (χ4v) is 2.14. The van der Waals surface area contributed by atoms with Crippen LogP contribution in [0.2, 0.25) is 0 Å². The van der Waals surface area contributed by atoms with Crippen LogP contribution in [0.4, 0.5) is 0 Å². The maximum Gasteiger partial charge on any atom is 0.165 e. The van der Waals surface area contributed by atoms with Gasteiger partial charge in [0, 0.05) is 6.42 Å². The molecule has 1 rings (SSSR count). The Hall–Kier alpha value is -1.15. The monoisotopic (exact) mass is 234 g/mol. The number of hydrogen-bond acceptors (Lipinski definition) is 2. The predicted molar refractivity (Wildman–Crippen MR) is 70.2 cm³/mol. The molecule has 17 heavy (non-hydrogen) atoms. The summed E-state index contributed by atoms with van der Waals surface area (Å²) in [5, 5.41) is 9.74. The summed E-state index contributed by atoms with van der Waals surface area (Å²) in [6, 6.07) is 4.16. The first-order chi connectivity index (χ1) is 7.82. The molecule has 0 aromatic heterocycles. The number of benzene rings is 1. The molecule has 0 spiro atoms. The van der Waals surface area contributed by atoms with Crippen LogP contribution in [0.1, 0.15) is 36.1 Å². The van der Waals surface area contributed by atoms with Crippen LogP contribution in [0.25, 0.3) is 0 Å². The zero-order chi connectivity index (χ0) is 13.2. The van der Waals surface area contributed by atoms with Gasteiger partial charge in [-0.15, -0.1) is 0 Å². The van der Waals surface area contributed by atoms with Gasteiger partial charge in [0.05, 0.1) is 0 Å². The fourth-order valence-electron chi connectivity index (χ4n) is 2.14. The highest BCUT2D eigenvalue weighted by molar-refractivity contribution is 5.85. The van der Waals surface area contributed by atoms with Gasteiger partial charge >= 0.3 is 0 Å². The fraction of sp³-hybridized carbons (Fsp3) is 0.533. The zero-order valence-corrected chi connectivity index (χ0v) is 11.4. The summed E-state index contributed by atoms with van der Waals surface area (Å²) in [7, 11) is 0. The number of carbonyl (C=O) groups is 1. The Balaban J connectivity index is 2.93. The van der Waals surface area contributed by atoms with Gasteiger partial charge in [-0.2, -0.15) is 0 Å². The first kappa shape index (κ1) is 13.9. The van der Waals surface area contributed by atoms with Crippen molar-refractivity contribution in [2.75, 3.05) is 0 Å². The normalized spacial score (nSPS) is 12.9. The molecule has 0 aliphatic heterocycles. The second kappa shape index (κ2) is 5.46. The smallest absolute Gasteiger partial charge is 0.165 e. The van der Waals surface area contributed by atoms with Gasteiger partial charge in [0.25, 0.3) is 0 Å². The van der Waals surface area contributed by atoms with E-state index in [-0.39, 0.29) is 11.7 Å². The summed E-state index contributed by atoms with van der Waals surface area (Å²) in [6.07, 6.45) is -0.521. The van der Waals surface area contributed by atoms with Crippen LogP contribution in [0.15, 0.2) is 12.1 Å². The summed E-state index contributed by atoms with van der Waals surface area (Å²) >= 11 is 0. The first-order valence-corrected chi connectivity index (χ1v) is 6.10. The van der Waals surface area contributed by atoms with Gasteiger partial charge in [-0.05, 0) is 43.4 Å². The predicted octanol–water partition coefficient (Wildman–Crippen LogP) is 2.74. The van der Waals surface area contributed by atoms with E-state index in [2.05, 4.69) is 19.1 Å². The SMILES string of the molecule is Cc1cc(C)c(CC(=O)C(O)C(C)C)c(C)c1. The van der Waals surface area contributed by atoms with E-state index in [4.69, 9.17) is 0 Å². The van der Waals surface area contributed by atoms with E-state index in [0.29, 0.717) is 6.42 Å². The second-order valence-electron chi connectivity index (χ2n) is 5.21. The van der Waals surface area contributed by atoms with E-state index >= 15 is 0 Å². The molecule has 1 aromatic rings. The number of aliphatic hydroxyl groups excluding tert-OH is 1. The first-order valence-electron chi connectivity index (χ1n) is 6.10. The maximum absolute atomic E-state index is 11.9. The van der Waals surface area contributed by atoms with Crippen molar-refractivity contribution in [3.8, 4) is 0 Å². The van der Waals surface area contributed by atoms with Crippen LogP contribution in [0.3, 0.4) is 0 Å². The van der Waals surface area contributed by atoms with E-state index in [1.165, 1.54) is 5.56 Å². The van der Waals surface area contributed by atoms with Gasteiger partial charge in [-0.3, -0.25) is 4.79 Å². The topological polar surface area (TPSA) is 37.3 Å². The molecular weight excluding hydrogens is 212 g/mol. The van der Waals surface area contributed by atoms with Gasteiger partial charge in [0.15, 0.2) is 5.78 Å². The highest BCUT2D eigenvalue weighted by Gasteiger charge is 2.20. The van der Waals surface area contributed by atoms with Crippen molar-refractivity contribution >= 4 is 5.78 Å². The zero-order valence-electron chi connectivity index (χ0n) is 11.4. The number of rotatable bonds is 4. The van der Waals surface area contributed by atoms with Crippen LogP contribution >= 0.6 is 0 Å². The van der Waals surface area contributed by atoms with Crippen LogP contribution in [0, 0.1) is 26.7 Å². The molecule has 1 aromatic carbocycles. The highest BCUT2D eigenvalue weighted by Crippen LogP contribution is 2.18. The summed E-state index contributed by atoms with van der Waals surface area (Å²) < 4.78 is 0. The van der Waals surface area contributed by atoms with Crippen molar-refractivity contribution in [3.63, 3.8) is 0 Å². The number of hydrogen-bond donors (Lipinski definition) is 1. The Labute approximate surface area is 104 Å². The summed E-state index contributed by atoms with van der Waals surface area (Å²) in [5.41, 5.74) is 4.53. The van der Waals surface area contributed by atoms with Gasteiger partial charge in [-0.25, -0.2) is 0 Å². The Morgan fingerprint density at radius 3 is 2.06 bits per heavy atom. The summed E-state index contributed by atoms with van der Waals surface area (Å²) in [6.45, 7) is 9.80. The van der Waals surface area contributed by atoms with Crippen molar-refractivity contribution in [2.45, 2.75) is 47.1 Å². The average Bonchev–Trinajstić information content (AvgIpc) is 2.21. The molecule has 1 atom stereocenters. The largest absolute Gasteiger partial charge is 0.385 e. The van der Waals surface area contributed by atoms with Crippen molar-refractivity contribution in [1.82, 2.24) is 0 Å². The van der Waals surface area contributed by atoms with Crippen molar-refractivity contribution in [1.29, 1.82) is 0 Å². The Morgan fingerprint density at radius 1 is 1.18 bits per heavy atom. The molecule has 1 unspecified atom stereocenters. The third-order valence-electron chi connectivity index (χ3n) is 3.15. The average molecular weight is 234 g/mol. The molecular formula is C15H22O2. The number of ketones is 1. The maximum atomic E-state index is 11.9. The van der Waals surface area contributed by atoms with Crippen LogP contribution < -0.4 is 0 Å². The molecule has 2 nitrogen and oxygen atoms in total. The molecule has 0 amide bonds. The molecule has 2 heteroatoms. The standard InChI is InChI=1S/C15H22O2/c1-9(2)15(17)14(16)8-13-11(4)6-10(3)7-12(13)5/h6-7,9,15,17H,8H2,1-5H3. The summed E-state index contributed by atoms with van der Waals surface area (Å²) in [4.78, 5) is 11.9. The van der Waals surface area contributed by atoms with Crippen molar-refractivity contribution in [3.05, 3.63) is 34.4 Å². The van der Waals surface area contributed by atoms with Crippen LogP contribution in [0.5, 0.6) is 0 Å². The van der Waals surface area contributed by atoms with E-state index < -0.39 is 6.10 Å². The second-order valence-corrected chi connectivity index (χ2v) is 5.21. The summed E-state index contributed by atoms with van der Waals surface area (Å²) in [5.74, 6) is -0.108. The van der Waals surface area contributed by atoms with Gasteiger partial charge < -0.3 is 5.11 Å². The lowest BCUT2D eigenvalue weighted by Gasteiger charge is -2.16. The van der Waals surface area contributed by atoms with Crippen LogP contribution in [-0.4, -0.2) is 17.0 Å². The molecule has 94 valence electrons. The minimum absolute atomic E-state index is 0.0199. The minimum Gasteiger partial charge on any atom is -0.385 e. The van der Waals surface area contributed by atoms with Crippen LogP contribution in [-0.2, 0) is 11.2 Å². The van der Waals surface area contributed by atoms with Gasteiger partial charge in [0.2, 0.25) is 0 Å². The number of carbonyl (C=O) groups excluding carboxylic acids is 1. The molecule has 0 saturated carbocycles. The minimum atomic E-state index is -0.852. The number of aryl methyl sites for hydroxylation is 3. The molecule has 0 bridgehead atoms. The highest BCUT2D eigenvalue weighted by atomic mass is 16.3. The molecule has 0 fully saturated rings. The number of Topliss-reactive ketones (excluding diaryl/α,β-unsaturated/α-hetero) is 1. The lowest BCUT2D eigenvalue weighted by molar-refractivity contribution is -0.128. The third kappa shape index (κ3) is 3.40. The van der Waals surface area contributed by atoms with E-state index in [1.807, 2.05) is 27.7 Å².